The van der Waals surface area contributed by atoms with E-state index in [0.29, 0.717) is 34.1 Å². The van der Waals surface area contributed by atoms with Gasteiger partial charge in [0.25, 0.3) is 11.5 Å². The zero-order valence-corrected chi connectivity index (χ0v) is 16.4. The van der Waals surface area contributed by atoms with Crippen molar-refractivity contribution in [3.63, 3.8) is 0 Å². The highest BCUT2D eigenvalue weighted by atomic mass is 16.1. The summed E-state index contributed by atoms with van der Waals surface area (Å²) < 4.78 is 1.50. The van der Waals surface area contributed by atoms with E-state index in [1.165, 1.54) is 4.57 Å². The van der Waals surface area contributed by atoms with Gasteiger partial charge in [0, 0.05) is 43.9 Å². The average molecular weight is 401 g/mol. The Hall–Kier alpha value is -4.27. The molecule has 0 aliphatic rings. The number of pyridine rings is 2. The third-order valence-corrected chi connectivity index (χ3v) is 4.52. The van der Waals surface area contributed by atoms with Crippen molar-refractivity contribution in [1.82, 2.24) is 24.8 Å². The molecule has 9 heteroatoms. The lowest BCUT2D eigenvalue weighted by molar-refractivity contribution is 0.0963. The lowest BCUT2D eigenvalue weighted by Crippen LogP contribution is -2.18. The molecule has 4 aromatic rings. The number of fused-ring (bicyclic) bond motifs is 1. The first-order valence-electron chi connectivity index (χ1n) is 9.18. The van der Waals surface area contributed by atoms with Crippen LogP contribution >= 0.6 is 0 Å². The molecule has 0 saturated heterocycles. The first-order valence-corrected chi connectivity index (χ1v) is 9.18. The van der Waals surface area contributed by atoms with Gasteiger partial charge in [-0.25, -0.2) is 9.97 Å². The number of carbonyl (C=O) groups is 1. The van der Waals surface area contributed by atoms with Crippen molar-refractivity contribution in [3.8, 4) is 0 Å². The van der Waals surface area contributed by atoms with E-state index < -0.39 is 0 Å². The zero-order valence-electron chi connectivity index (χ0n) is 16.4. The van der Waals surface area contributed by atoms with Crippen LogP contribution < -0.4 is 21.5 Å². The van der Waals surface area contributed by atoms with Crippen LogP contribution in [-0.2, 0) is 7.05 Å². The number of amides is 1. The highest BCUT2D eigenvalue weighted by Gasteiger charge is 2.12. The van der Waals surface area contributed by atoms with Crippen molar-refractivity contribution in [2.24, 2.45) is 7.05 Å². The fourth-order valence-corrected chi connectivity index (χ4v) is 2.99. The Morgan fingerprint density at radius 1 is 1.03 bits per heavy atom. The van der Waals surface area contributed by atoms with E-state index in [2.05, 4.69) is 30.9 Å². The Morgan fingerprint density at radius 3 is 2.53 bits per heavy atom. The van der Waals surface area contributed by atoms with E-state index in [0.717, 1.165) is 5.39 Å². The molecule has 150 valence electrons. The fourth-order valence-electron chi connectivity index (χ4n) is 2.99. The predicted octanol–water partition coefficient (Wildman–Crippen LogP) is 2.57. The number of carbonyl (C=O) groups excluding carboxylic acids is 1. The van der Waals surface area contributed by atoms with Crippen molar-refractivity contribution >= 4 is 39.8 Å². The summed E-state index contributed by atoms with van der Waals surface area (Å²) >= 11 is 0. The van der Waals surface area contributed by atoms with Gasteiger partial charge in [0.2, 0.25) is 0 Å². The second kappa shape index (κ2) is 8.00. The first-order chi connectivity index (χ1) is 14.5. The van der Waals surface area contributed by atoms with E-state index in [4.69, 9.17) is 0 Å². The standard InChI is InChI=1S/C21H19N7O2/c1-22-20(29)13-3-5-15(6-4-13)25-19-18-14(7-10-28(2)21(18)30)11-16(27-19)26-17-12-23-8-9-24-17/h3-12H,1-2H3,(H,22,29)(H2,24,25,26,27). The summed E-state index contributed by atoms with van der Waals surface area (Å²) in [6.45, 7) is 0. The van der Waals surface area contributed by atoms with E-state index in [1.807, 2.05) is 6.07 Å². The lowest BCUT2D eigenvalue weighted by Gasteiger charge is -2.13. The Labute approximate surface area is 171 Å². The summed E-state index contributed by atoms with van der Waals surface area (Å²) in [6.07, 6.45) is 6.45. The van der Waals surface area contributed by atoms with E-state index in [1.54, 1.807) is 69.2 Å². The number of aryl methyl sites for hydroxylation is 1. The van der Waals surface area contributed by atoms with Gasteiger partial charge in [-0.3, -0.25) is 14.6 Å². The number of benzene rings is 1. The van der Waals surface area contributed by atoms with Crippen LogP contribution in [0.25, 0.3) is 10.8 Å². The third kappa shape index (κ3) is 3.81. The van der Waals surface area contributed by atoms with Crippen LogP contribution in [-0.4, -0.2) is 32.5 Å². The fraction of sp³-hybridized carbons (Fsp3) is 0.0952. The van der Waals surface area contributed by atoms with Crippen molar-refractivity contribution in [3.05, 3.63) is 77.1 Å². The van der Waals surface area contributed by atoms with Gasteiger partial charge in [-0.1, -0.05) is 0 Å². The van der Waals surface area contributed by atoms with Gasteiger partial charge in [0.15, 0.2) is 0 Å². The molecule has 0 radical (unpaired) electrons. The van der Waals surface area contributed by atoms with Crippen LogP contribution in [0.15, 0.2) is 66.0 Å². The molecule has 0 aliphatic carbocycles. The minimum Gasteiger partial charge on any atom is -0.355 e. The Morgan fingerprint density at radius 2 is 1.83 bits per heavy atom. The van der Waals surface area contributed by atoms with Crippen LogP contribution in [0.5, 0.6) is 0 Å². The van der Waals surface area contributed by atoms with Crippen molar-refractivity contribution < 1.29 is 4.79 Å². The number of nitrogens with one attached hydrogen (secondary N) is 3. The van der Waals surface area contributed by atoms with Crippen LogP contribution in [0.4, 0.5) is 23.1 Å². The number of hydrogen-bond acceptors (Lipinski definition) is 7. The SMILES string of the molecule is CNC(=O)c1ccc(Nc2nc(Nc3cnccn3)cc3ccn(C)c(=O)c23)cc1. The lowest BCUT2D eigenvalue weighted by atomic mass is 10.1. The van der Waals surface area contributed by atoms with Crippen molar-refractivity contribution in [1.29, 1.82) is 0 Å². The molecule has 0 aliphatic heterocycles. The van der Waals surface area contributed by atoms with Gasteiger partial charge < -0.3 is 20.5 Å². The van der Waals surface area contributed by atoms with Crippen LogP contribution in [0.1, 0.15) is 10.4 Å². The second-order valence-electron chi connectivity index (χ2n) is 6.55. The van der Waals surface area contributed by atoms with Gasteiger partial charge in [-0.2, -0.15) is 0 Å². The van der Waals surface area contributed by atoms with E-state index in [9.17, 15) is 9.59 Å². The Bertz CT molecular complexity index is 1270. The molecule has 0 saturated carbocycles. The highest BCUT2D eigenvalue weighted by Crippen LogP contribution is 2.26. The molecule has 0 bridgehead atoms. The monoisotopic (exact) mass is 401 g/mol. The topological polar surface area (TPSA) is 114 Å². The summed E-state index contributed by atoms with van der Waals surface area (Å²) in [5.41, 5.74) is 1.06. The maximum atomic E-state index is 12.8. The minimum absolute atomic E-state index is 0.171. The summed E-state index contributed by atoms with van der Waals surface area (Å²) in [7, 11) is 3.27. The maximum Gasteiger partial charge on any atom is 0.261 e. The number of anilines is 4. The maximum absolute atomic E-state index is 12.8. The normalized spacial score (nSPS) is 10.6. The molecule has 0 atom stereocenters. The average Bonchev–Trinajstić information content (AvgIpc) is 2.77. The smallest absolute Gasteiger partial charge is 0.261 e. The van der Waals surface area contributed by atoms with E-state index in [-0.39, 0.29) is 11.5 Å². The Balaban J connectivity index is 1.77. The van der Waals surface area contributed by atoms with Crippen LogP contribution in [0.2, 0.25) is 0 Å². The minimum atomic E-state index is -0.172. The molecule has 4 rings (SSSR count). The summed E-state index contributed by atoms with van der Waals surface area (Å²) in [5.74, 6) is 1.27. The summed E-state index contributed by atoms with van der Waals surface area (Å²) in [4.78, 5) is 37.3. The third-order valence-electron chi connectivity index (χ3n) is 4.52. The molecule has 3 heterocycles. The first kappa shape index (κ1) is 19.1. The molecule has 0 spiro atoms. The van der Waals surface area contributed by atoms with Crippen molar-refractivity contribution in [2.45, 2.75) is 0 Å². The summed E-state index contributed by atoms with van der Waals surface area (Å²) in [5, 5.41) is 10.1. The van der Waals surface area contributed by atoms with Gasteiger partial charge in [-0.15, -0.1) is 0 Å². The van der Waals surface area contributed by atoms with Gasteiger partial charge in [0.05, 0.1) is 11.6 Å². The second-order valence-corrected chi connectivity index (χ2v) is 6.55. The van der Waals surface area contributed by atoms with Gasteiger partial charge in [-0.05, 0) is 41.8 Å². The molecule has 9 nitrogen and oxygen atoms in total. The quantitative estimate of drug-likeness (QED) is 0.471. The number of aromatic nitrogens is 4. The molecular weight excluding hydrogens is 382 g/mol. The Kier molecular flexibility index (Phi) is 5.08. The van der Waals surface area contributed by atoms with E-state index >= 15 is 0 Å². The number of rotatable bonds is 5. The number of nitrogens with zero attached hydrogens (tertiary/aromatic N) is 4. The molecule has 30 heavy (non-hydrogen) atoms. The van der Waals surface area contributed by atoms with Crippen molar-refractivity contribution in [2.75, 3.05) is 17.7 Å². The number of hydrogen-bond donors (Lipinski definition) is 3. The largest absolute Gasteiger partial charge is 0.355 e. The molecule has 3 aromatic heterocycles. The molecule has 0 fully saturated rings. The molecule has 1 aromatic carbocycles. The van der Waals surface area contributed by atoms with Gasteiger partial charge >= 0.3 is 0 Å². The van der Waals surface area contributed by atoms with Crippen LogP contribution in [0, 0.1) is 0 Å². The van der Waals surface area contributed by atoms with Crippen LogP contribution in [0.3, 0.4) is 0 Å². The van der Waals surface area contributed by atoms with Gasteiger partial charge in [0.1, 0.15) is 17.5 Å². The molecule has 0 unspecified atom stereocenters. The zero-order chi connectivity index (χ0) is 21.1. The highest BCUT2D eigenvalue weighted by molar-refractivity contribution is 5.96. The summed E-state index contributed by atoms with van der Waals surface area (Å²) in [6, 6.07) is 10.5. The molecular formula is C21H19N7O2. The molecule has 3 N–H and O–H groups in total. The predicted molar refractivity (Wildman–Crippen MR) is 115 cm³/mol. The molecule has 1 amide bonds.